The molecule has 2 heterocycles. The van der Waals surface area contributed by atoms with E-state index in [1.165, 1.54) is 10.4 Å². The van der Waals surface area contributed by atoms with E-state index in [1.807, 2.05) is 0 Å². The summed E-state index contributed by atoms with van der Waals surface area (Å²) in [4.78, 5) is 1.33. The molecule has 1 fully saturated rings. The van der Waals surface area contributed by atoms with Crippen LogP contribution < -0.4 is 5.73 Å². The van der Waals surface area contributed by atoms with Crippen molar-refractivity contribution >= 4 is 11.3 Å². The highest BCUT2D eigenvalue weighted by Gasteiger charge is 2.31. The first-order valence-electron chi connectivity index (χ1n) is 5.11. The van der Waals surface area contributed by atoms with E-state index in [1.54, 1.807) is 11.3 Å². The van der Waals surface area contributed by atoms with Crippen LogP contribution in [0, 0.1) is 12.8 Å². The maximum Gasteiger partial charge on any atom is 0.0594 e. The molecule has 0 bridgehead atoms. The van der Waals surface area contributed by atoms with E-state index in [0.717, 1.165) is 13.0 Å². The fraction of sp³-hybridized carbons (Fsp3) is 0.636. The molecule has 0 amide bonds. The number of hydrogen-bond donors (Lipinski definition) is 1. The molecule has 3 unspecified atom stereocenters. The normalized spacial score (nSPS) is 29.4. The minimum absolute atomic E-state index is 0.160. The van der Waals surface area contributed by atoms with Gasteiger partial charge in [-0.25, -0.2) is 0 Å². The molecule has 0 spiro atoms. The lowest BCUT2D eigenvalue weighted by Gasteiger charge is -2.21. The number of nitrogens with two attached hydrogens (primary N) is 1. The predicted molar refractivity (Wildman–Crippen MR) is 59.5 cm³/mol. The molecule has 3 atom stereocenters. The minimum atomic E-state index is 0.160. The monoisotopic (exact) mass is 211 g/mol. The molecule has 0 aliphatic carbocycles. The molecule has 2 nitrogen and oxygen atoms in total. The van der Waals surface area contributed by atoms with E-state index in [4.69, 9.17) is 10.5 Å². The molecule has 3 heteroatoms. The number of rotatable bonds is 2. The third-order valence-corrected chi connectivity index (χ3v) is 4.22. The Morgan fingerprint density at radius 3 is 2.93 bits per heavy atom. The van der Waals surface area contributed by atoms with Crippen LogP contribution in [-0.4, -0.2) is 12.7 Å². The summed E-state index contributed by atoms with van der Waals surface area (Å²) in [6.45, 7) is 5.12. The van der Waals surface area contributed by atoms with Gasteiger partial charge in [0.25, 0.3) is 0 Å². The molecule has 2 rings (SSSR count). The fourth-order valence-corrected chi connectivity index (χ4v) is 3.14. The minimum Gasteiger partial charge on any atom is -0.378 e. The van der Waals surface area contributed by atoms with Gasteiger partial charge in [0.2, 0.25) is 0 Å². The summed E-state index contributed by atoms with van der Waals surface area (Å²) in [5, 5.41) is 2.12. The van der Waals surface area contributed by atoms with E-state index in [2.05, 4.69) is 25.3 Å². The van der Waals surface area contributed by atoms with Crippen LogP contribution in [0.5, 0.6) is 0 Å². The first-order valence-corrected chi connectivity index (χ1v) is 5.99. The van der Waals surface area contributed by atoms with Gasteiger partial charge in [-0.1, -0.05) is 0 Å². The highest BCUT2D eigenvalue weighted by atomic mass is 32.1. The molecule has 1 saturated heterocycles. The van der Waals surface area contributed by atoms with Crippen LogP contribution in [0.1, 0.15) is 29.8 Å². The summed E-state index contributed by atoms with van der Waals surface area (Å²) in [5.41, 5.74) is 7.59. The van der Waals surface area contributed by atoms with Gasteiger partial charge >= 0.3 is 0 Å². The second-order valence-corrected chi connectivity index (χ2v) is 4.97. The second-order valence-electron chi connectivity index (χ2n) is 4.02. The molecule has 2 N–H and O–H groups in total. The van der Waals surface area contributed by atoms with E-state index < -0.39 is 0 Å². The van der Waals surface area contributed by atoms with Crippen molar-refractivity contribution < 1.29 is 4.74 Å². The second kappa shape index (κ2) is 4.01. The van der Waals surface area contributed by atoms with Gasteiger partial charge in [-0.3, -0.25) is 0 Å². The van der Waals surface area contributed by atoms with Crippen LogP contribution in [-0.2, 0) is 4.74 Å². The van der Waals surface area contributed by atoms with Gasteiger partial charge in [0.05, 0.1) is 6.10 Å². The van der Waals surface area contributed by atoms with Crippen LogP contribution >= 0.6 is 11.3 Å². The molecule has 14 heavy (non-hydrogen) atoms. The van der Waals surface area contributed by atoms with E-state index in [9.17, 15) is 0 Å². The van der Waals surface area contributed by atoms with Gasteiger partial charge < -0.3 is 10.5 Å². The molecule has 1 aliphatic rings. The number of thiophene rings is 1. The predicted octanol–water partition coefficient (Wildman–Crippen LogP) is 2.48. The molecule has 1 aliphatic heterocycles. The smallest absolute Gasteiger partial charge is 0.0594 e. The molecule has 1 aromatic rings. The van der Waals surface area contributed by atoms with Gasteiger partial charge in [-0.15, -0.1) is 11.3 Å². The van der Waals surface area contributed by atoms with Crippen molar-refractivity contribution in [1.82, 2.24) is 0 Å². The Balaban J connectivity index is 2.15. The van der Waals surface area contributed by atoms with Crippen LogP contribution in [0.4, 0.5) is 0 Å². The lowest BCUT2D eigenvalue weighted by molar-refractivity contribution is 0.0997. The number of ether oxygens (including phenoxy) is 1. The third-order valence-electron chi connectivity index (χ3n) is 3.10. The Kier molecular flexibility index (Phi) is 2.91. The van der Waals surface area contributed by atoms with Crippen molar-refractivity contribution in [1.29, 1.82) is 0 Å². The van der Waals surface area contributed by atoms with Crippen LogP contribution in [0.15, 0.2) is 11.4 Å². The zero-order valence-corrected chi connectivity index (χ0v) is 9.51. The molecule has 78 valence electrons. The summed E-state index contributed by atoms with van der Waals surface area (Å²) < 4.78 is 5.55. The Bertz CT molecular complexity index is 310. The van der Waals surface area contributed by atoms with Gasteiger partial charge in [0, 0.05) is 23.4 Å². The zero-order valence-electron chi connectivity index (χ0n) is 8.69. The first kappa shape index (κ1) is 10.1. The summed E-state index contributed by atoms with van der Waals surface area (Å²) in [6, 6.07) is 2.30. The quantitative estimate of drug-likeness (QED) is 0.815. The van der Waals surface area contributed by atoms with Crippen molar-refractivity contribution in [3.05, 3.63) is 21.9 Å². The van der Waals surface area contributed by atoms with E-state index in [-0.39, 0.29) is 6.04 Å². The lowest BCUT2D eigenvalue weighted by atomic mass is 9.92. The maximum atomic E-state index is 6.27. The highest BCUT2D eigenvalue weighted by molar-refractivity contribution is 7.10. The molecule has 1 aromatic heterocycles. The van der Waals surface area contributed by atoms with Gasteiger partial charge in [0.15, 0.2) is 0 Å². The summed E-state index contributed by atoms with van der Waals surface area (Å²) >= 11 is 1.77. The molecule has 0 aromatic carbocycles. The molecular weight excluding hydrogens is 194 g/mol. The fourth-order valence-electron chi connectivity index (χ4n) is 2.14. The van der Waals surface area contributed by atoms with Crippen LogP contribution in [0.25, 0.3) is 0 Å². The first-order chi connectivity index (χ1) is 6.70. The number of aryl methyl sites for hydroxylation is 1. The largest absolute Gasteiger partial charge is 0.378 e. The van der Waals surface area contributed by atoms with Crippen molar-refractivity contribution in [3.63, 3.8) is 0 Å². The van der Waals surface area contributed by atoms with Crippen molar-refractivity contribution in [2.45, 2.75) is 32.4 Å². The third kappa shape index (κ3) is 1.72. The van der Waals surface area contributed by atoms with Gasteiger partial charge in [0.1, 0.15) is 0 Å². The summed E-state index contributed by atoms with van der Waals surface area (Å²) in [6.07, 6.45) is 1.41. The van der Waals surface area contributed by atoms with Gasteiger partial charge in [-0.2, -0.15) is 0 Å². The average molecular weight is 211 g/mol. The average Bonchev–Trinajstić information content (AvgIpc) is 2.73. The molecule has 0 radical (unpaired) electrons. The Hall–Kier alpha value is -0.380. The van der Waals surface area contributed by atoms with Crippen LogP contribution in [0.3, 0.4) is 0 Å². The zero-order chi connectivity index (χ0) is 10.1. The van der Waals surface area contributed by atoms with Crippen molar-refractivity contribution in [2.24, 2.45) is 11.7 Å². The number of hydrogen-bond acceptors (Lipinski definition) is 3. The topological polar surface area (TPSA) is 35.2 Å². The molecule has 0 saturated carbocycles. The van der Waals surface area contributed by atoms with Crippen molar-refractivity contribution in [2.75, 3.05) is 6.61 Å². The highest BCUT2D eigenvalue weighted by Crippen LogP contribution is 2.35. The Labute approximate surface area is 89.1 Å². The summed E-state index contributed by atoms with van der Waals surface area (Å²) in [5.74, 6) is 0.493. The molecular formula is C11H17NOS. The lowest BCUT2D eigenvalue weighted by Crippen LogP contribution is -2.26. The van der Waals surface area contributed by atoms with Gasteiger partial charge in [-0.05, 0) is 37.3 Å². The summed E-state index contributed by atoms with van der Waals surface area (Å²) in [7, 11) is 0. The Morgan fingerprint density at radius 2 is 2.43 bits per heavy atom. The van der Waals surface area contributed by atoms with E-state index >= 15 is 0 Å². The SMILES string of the molecule is Cc1ccsc1C(N)C1CCOC1C. The standard InChI is InChI=1S/C11H17NOS/c1-7-4-6-14-11(7)10(12)9-3-5-13-8(9)2/h4,6,8-10H,3,5,12H2,1-2H3. The van der Waals surface area contributed by atoms with Crippen molar-refractivity contribution in [3.8, 4) is 0 Å². The maximum absolute atomic E-state index is 6.27. The van der Waals surface area contributed by atoms with E-state index in [0.29, 0.717) is 12.0 Å². The van der Waals surface area contributed by atoms with Crippen LogP contribution in [0.2, 0.25) is 0 Å². The Morgan fingerprint density at radius 1 is 1.64 bits per heavy atom.